The third-order valence-corrected chi connectivity index (χ3v) is 8.21. The Labute approximate surface area is 185 Å². The van der Waals surface area contributed by atoms with Gasteiger partial charge in [-0.1, -0.05) is 35.5 Å². The lowest BCUT2D eigenvalue weighted by Gasteiger charge is -2.29. The van der Waals surface area contributed by atoms with Crippen LogP contribution in [0, 0.1) is 0 Å². The van der Waals surface area contributed by atoms with Gasteiger partial charge >= 0.3 is 0 Å². The van der Waals surface area contributed by atoms with Crippen molar-refractivity contribution in [2.45, 2.75) is 43.3 Å². The SMILES string of the molecule is CCN(C(=O)[C@@H](C)Sc1nnc(COc2ccccc2Cl)n1C)[C@H]1CCS(=O)(=O)C1. The fraction of sp³-hybridized carbons (Fsp3) is 0.526. The number of carbonyl (C=O) groups excluding carboxylic acids is 1. The lowest BCUT2D eigenvalue weighted by molar-refractivity contribution is -0.131. The molecule has 0 aliphatic carbocycles. The van der Waals surface area contributed by atoms with Crippen LogP contribution in [0.4, 0.5) is 0 Å². The maximum atomic E-state index is 13.0. The maximum Gasteiger partial charge on any atom is 0.236 e. The van der Waals surface area contributed by atoms with Gasteiger partial charge in [0.05, 0.1) is 21.8 Å². The van der Waals surface area contributed by atoms with E-state index >= 15 is 0 Å². The molecule has 1 aliphatic heterocycles. The van der Waals surface area contributed by atoms with Crippen molar-refractivity contribution in [3.8, 4) is 5.75 Å². The van der Waals surface area contributed by atoms with Gasteiger partial charge in [0.25, 0.3) is 0 Å². The van der Waals surface area contributed by atoms with Gasteiger partial charge in [-0.05, 0) is 32.4 Å². The summed E-state index contributed by atoms with van der Waals surface area (Å²) in [7, 11) is -1.24. The summed E-state index contributed by atoms with van der Waals surface area (Å²) >= 11 is 7.40. The fourth-order valence-electron chi connectivity index (χ4n) is 3.33. The van der Waals surface area contributed by atoms with Crippen molar-refractivity contribution in [2.24, 2.45) is 7.05 Å². The Hall–Kier alpha value is -1.78. The number of amides is 1. The zero-order chi connectivity index (χ0) is 21.9. The van der Waals surface area contributed by atoms with Crippen molar-refractivity contribution in [3.05, 3.63) is 35.1 Å². The van der Waals surface area contributed by atoms with Crippen molar-refractivity contribution in [2.75, 3.05) is 18.1 Å². The minimum Gasteiger partial charge on any atom is -0.484 e. The number of halogens is 1. The van der Waals surface area contributed by atoms with Crippen LogP contribution >= 0.6 is 23.4 Å². The average molecular weight is 473 g/mol. The van der Waals surface area contributed by atoms with E-state index in [4.69, 9.17) is 16.3 Å². The number of hydrogen-bond donors (Lipinski definition) is 0. The van der Waals surface area contributed by atoms with Crippen molar-refractivity contribution in [1.82, 2.24) is 19.7 Å². The molecule has 1 saturated heterocycles. The molecule has 0 radical (unpaired) electrons. The van der Waals surface area contributed by atoms with Crippen LogP contribution in [0.3, 0.4) is 0 Å². The van der Waals surface area contributed by atoms with Crippen molar-refractivity contribution >= 4 is 39.1 Å². The Balaban J connectivity index is 1.63. The smallest absolute Gasteiger partial charge is 0.236 e. The maximum absolute atomic E-state index is 13.0. The first kappa shape index (κ1) is 22.9. The first-order valence-corrected chi connectivity index (χ1v) is 12.7. The molecular weight excluding hydrogens is 448 g/mol. The molecule has 8 nitrogen and oxygen atoms in total. The molecule has 0 saturated carbocycles. The van der Waals surface area contributed by atoms with Crippen LogP contribution in [-0.2, 0) is 28.3 Å². The van der Waals surface area contributed by atoms with E-state index in [-0.39, 0.29) is 30.1 Å². The normalized spacial score (nSPS) is 18.9. The zero-order valence-electron chi connectivity index (χ0n) is 17.1. The van der Waals surface area contributed by atoms with E-state index in [0.29, 0.717) is 34.7 Å². The van der Waals surface area contributed by atoms with Gasteiger partial charge in [0.1, 0.15) is 12.4 Å². The van der Waals surface area contributed by atoms with Crippen LogP contribution in [0.15, 0.2) is 29.4 Å². The van der Waals surface area contributed by atoms with E-state index in [1.54, 1.807) is 28.5 Å². The largest absolute Gasteiger partial charge is 0.484 e. The molecular formula is C19H25ClN4O4S2. The number of rotatable bonds is 8. The number of benzene rings is 1. The summed E-state index contributed by atoms with van der Waals surface area (Å²) in [5, 5.41) is 9.01. The van der Waals surface area contributed by atoms with Crippen LogP contribution in [0.2, 0.25) is 5.02 Å². The summed E-state index contributed by atoms with van der Waals surface area (Å²) in [6, 6.07) is 6.93. The van der Waals surface area contributed by atoms with Crippen molar-refractivity contribution in [3.63, 3.8) is 0 Å². The molecule has 2 atom stereocenters. The molecule has 1 amide bonds. The molecule has 1 fully saturated rings. The van der Waals surface area contributed by atoms with E-state index in [1.807, 2.05) is 26.1 Å². The number of aromatic nitrogens is 3. The molecule has 164 valence electrons. The number of hydrogen-bond acceptors (Lipinski definition) is 7. The molecule has 1 aromatic carbocycles. The average Bonchev–Trinajstić information content (AvgIpc) is 3.24. The Morgan fingerprint density at radius 1 is 1.40 bits per heavy atom. The Morgan fingerprint density at radius 3 is 2.77 bits per heavy atom. The van der Waals surface area contributed by atoms with Gasteiger partial charge in [0.2, 0.25) is 5.91 Å². The molecule has 1 aliphatic rings. The minimum absolute atomic E-state index is 0.0391. The van der Waals surface area contributed by atoms with Gasteiger partial charge in [-0.25, -0.2) is 8.42 Å². The van der Waals surface area contributed by atoms with Gasteiger partial charge < -0.3 is 14.2 Å². The predicted molar refractivity (Wildman–Crippen MR) is 117 cm³/mol. The second-order valence-corrected chi connectivity index (χ2v) is 11.1. The van der Waals surface area contributed by atoms with Gasteiger partial charge in [0, 0.05) is 19.6 Å². The van der Waals surface area contributed by atoms with Crippen LogP contribution in [-0.4, -0.2) is 63.3 Å². The number of ether oxygens (including phenoxy) is 1. The first-order chi connectivity index (χ1) is 14.2. The minimum atomic E-state index is -3.05. The van der Waals surface area contributed by atoms with E-state index in [0.717, 1.165) is 0 Å². The Morgan fingerprint density at radius 2 is 2.13 bits per heavy atom. The molecule has 2 heterocycles. The molecule has 30 heavy (non-hydrogen) atoms. The molecule has 0 spiro atoms. The first-order valence-electron chi connectivity index (χ1n) is 9.65. The lowest BCUT2D eigenvalue weighted by atomic mass is 10.2. The van der Waals surface area contributed by atoms with Crippen LogP contribution in [0.1, 0.15) is 26.1 Å². The highest BCUT2D eigenvalue weighted by atomic mass is 35.5. The predicted octanol–water partition coefficient (Wildman–Crippen LogP) is 2.56. The van der Waals surface area contributed by atoms with Gasteiger partial charge in [-0.3, -0.25) is 4.79 Å². The molecule has 0 unspecified atom stereocenters. The van der Waals surface area contributed by atoms with E-state index in [2.05, 4.69) is 10.2 Å². The molecule has 11 heteroatoms. The number of nitrogens with zero attached hydrogens (tertiary/aromatic N) is 4. The summed E-state index contributed by atoms with van der Waals surface area (Å²) in [5.74, 6) is 1.25. The number of thioether (sulfide) groups is 1. The fourth-order valence-corrected chi connectivity index (χ4v) is 6.16. The number of para-hydroxylation sites is 1. The molecule has 0 bridgehead atoms. The molecule has 1 aromatic heterocycles. The number of sulfone groups is 1. The Bertz CT molecular complexity index is 1010. The summed E-state index contributed by atoms with van der Waals surface area (Å²) in [4.78, 5) is 14.6. The van der Waals surface area contributed by atoms with Crippen molar-refractivity contribution < 1.29 is 17.9 Å². The van der Waals surface area contributed by atoms with E-state index < -0.39 is 15.1 Å². The topological polar surface area (TPSA) is 94.4 Å². The zero-order valence-corrected chi connectivity index (χ0v) is 19.5. The second-order valence-electron chi connectivity index (χ2n) is 7.12. The highest BCUT2D eigenvalue weighted by molar-refractivity contribution is 8.00. The third kappa shape index (κ3) is 5.28. The summed E-state index contributed by atoms with van der Waals surface area (Å²) in [6.45, 7) is 4.33. The van der Waals surface area contributed by atoms with Gasteiger partial charge in [-0.15, -0.1) is 10.2 Å². The van der Waals surface area contributed by atoms with Gasteiger partial charge in [-0.2, -0.15) is 0 Å². The summed E-state index contributed by atoms with van der Waals surface area (Å²) < 4.78 is 31.1. The Kier molecular flexibility index (Phi) is 7.30. The molecule has 0 N–H and O–H groups in total. The number of carbonyl (C=O) groups is 1. The van der Waals surface area contributed by atoms with Crippen molar-refractivity contribution in [1.29, 1.82) is 0 Å². The van der Waals surface area contributed by atoms with E-state index in [9.17, 15) is 13.2 Å². The standard InChI is InChI=1S/C19H25ClN4O4S2/c1-4-24(14-9-10-30(26,27)12-14)18(25)13(2)29-19-22-21-17(23(19)3)11-28-16-8-6-5-7-15(16)20/h5-8,13-14H,4,9-12H2,1-3H3/t13-,14+/m1/s1. The molecule has 2 aromatic rings. The van der Waals surface area contributed by atoms with Crippen LogP contribution < -0.4 is 4.74 Å². The van der Waals surface area contributed by atoms with Gasteiger partial charge in [0.15, 0.2) is 20.8 Å². The summed E-state index contributed by atoms with van der Waals surface area (Å²) in [6.07, 6.45) is 0.493. The third-order valence-electron chi connectivity index (χ3n) is 5.02. The highest BCUT2D eigenvalue weighted by Crippen LogP contribution is 2.27. The molecule has 3 rings (SSSR count). The second kappa shape index (κ2) is 9.57. The quantitative estimate of drug-likeness (QED) is 0.545. The lowest BCUT2D eigenvalue weighted by Crippen LogP contribution is -2.44. The van der Waals surface area contributed by atoms with E-state index in [1.165, 1.54) is 11.8 Å². The van der Waals surface area contributed by atoms with Crippen LogP contribution in [0.25, 0.3) is 0 Å². The summed E-state index contributed by atoms with van der Waals surface area (Å²) in [5.41, 5.74) is 0. The monoisotopic (exact) mass is 472 g/mol. The highest BCUT2D eigenvalue weighted by Gasteiger charge is 2.35. The van der Waals surface area contributed by atoms with Crippen LogP contribution in [0.5, 0.6) is 5.75 Å².